The zero-order chi connectivity index (χ0) is 9.97. The SMILES string of the molecule is Cc1ccnc(-n2cccn2)c1CN. The summed E-state index contributed by atoms with van der Waals surface area (Å²) in [5, 5.41) is 4.13. The maximum absolute atomic E-state index is 5.68. The number of nitrogens with two attached hydrogens (primary N) is 1. The highest BCUT2D eigenvalue weighted by Crippen LogP contribution is 2.13. The first-order valence-corrected chi connectivity index (χ1v) is 4.47. The average Bonchev–Trinajstić information content (AvgIpc) is 2.70. The van der Waals surface area contributed by atoms with Crippen LogP contribution in [0.2, 0.25) is 0 Å². The van der Waals surface area contributed by atoms with E-state index in [1.54, 1.807) is 17.1 Å². The molecule has 0 atom stereocenters. The lowest BCUT2D eigenvalue weighted by atomic mass is 10.1. The van der Waals surface area contributed by atoms with Crippen LogP contribution in [0.15, 0.2) is 30.7 Å². The van der Waals surface area contributed by atoms with E-state index < -0.39 is 0 Å². The molecule has 0 bridgehead atoms. The molecule has 4 heteroatoms. The lowest BCUT2D eigenvalue weighted by Crippen LogP contribution is -2.08. The third kappa shape index (κ3) is 1.40. The van der Waals surface area contributed by atoms with Gasteiger partial charge in [-0.3, -0.25) is 0 Å². The fourth-order valence-electron chi connectivity index (χ4n) is 1.42. The molecule has 2 rings (SSSR count). The molecule has 0 fully saturated rings. The summed E-state index contributed by atoms with van der Waals surface area (Å²) in [6.45, 7) is 2.51. The fraction of sp³-hybridized carbons (Fsp3) is 0.200. The van der Waals surface area contributed by atoms with Crippen molar-refractivity contribution in [2.45, 2.75) is 13.5 Å². The second-order valence-corrected chi connectivity index (χ2v) is 3.08. The number of hydrogen-bond donors (Lipinski definition) is 1. The van der Waals surface area contributed by atoms with Gasteiger partial charge in [0.05, 0.1) is 0 Å². The quantitative estimate of drug-likeness (QED) is 0.766. The van der Waals surface area contributed by atoms with Crippen LogP contribution in [-0.2, 0) is 6.54 Å². The van der Waals surface area contributed by atoms with Crippen molar-refractivity contribution in [3.63, 3.8) is 0 Å². The topological polar surface area (TPSA) is 56.7 Å². The molecular formula is C10H12N4. The van der Waals surface area contributed by atoms with Crippen molar-refractivity contribution in [3.8, 4) is 5.82 Å². The van der Waals surface area contributed by atoms with Gasteiger partial charge in [-0.15, -0.1) is 0 Å². The Bertz CT molecular complexity index is 420. The Labute approximate surface area is 82.4 Å². The number of aromatic nitrogens is 3. The Balaban J connectivity index is 2.58. The molecule has 0 aliphatic carbocycles. The lowest BCUT2D eigenvalue weighted by molar-refractivity contribution is 0.819. The number of aryl methyl sites for hydroxylation is 1. The van der Waals surface area contributed by atoms with Crippen molar-refractivity contribution >= 4 is 0 Å². The molecule has 2 heterocycles. The maximum Gasteiger partial charge on any atom is 0.158 e. The van der Waals surface area contributed by atoms with Gasteiger partial charge >= 0.3 is 0 Å². The second-order valence-electron chi connectivity index (χ2n) is 3.08. The molecule has 0 amide bonds. The average molecular weight is 188 g/mol. The van der Waals surface area contributed by atoms with Crippen LogP contribution in [0.25, 0.3) is 5.82 Å². The summed E-state index contributed by atoms with van der Waals surface area (Å²) in [7, 11) is 0. The van der Waals surface area contributed by atoms with E-state index in [0.717, 1.165) is 16.9 Å². The lowest BCUT2D eigenvalue weighted by Gasteiger charge is -2.08. The Morgan fingerprint density at radius 2 is 2.29 bits per heavy atom. The Kier molecular flexibility index (Phi) is 2.28. The molecule has 2 N–H and O–H groups in total. The van der Waals surface area contributed by atoms with Crippen LogP contribution in [0, 0.1) is 6.92 Å². The number of pyridine rings is 1. The summed E-state index contributed by atoms with van der Waals surface area (Å²) in [6, 6.07) is 3.82. The number of hydrogen-bond acceptors (Lipinski definition) is 3. The Morgan fingerprint density at radius 3 is 2.93 bits per heavy atom. The Hall–Kier alpha value is -1.68. The molecule has 4 nitrogen and oxygen atoms in total. The van der Waals surface area contributed by atoms with E-state index in [4.69, 9.17) is 5.73 Å². The van der Waals surface area contributed by atoms with Crippen LogP contribution in [0.4, 0.5) is 0 Å². The molecule has 0 aliphatic heterocycles. The molecule has 2 aromatic rings. The van der Waals surface area contributed by atoms with Gasteiger partial charge in [0, 0.05) is 30.7 Å². The zero-order valence-electron chi connectivity index (χ0n) is 8.01. The van der Waals surface area contributed by atoms with E-state index in [9.17, 15) is 0 Å². The minimum Gasteiger partial charge on any atom is -0.326 e. The molecule has 0 saturated carbocycles. The van der Waals surface area contributed by atoms with E-state index in [1.807, 2.05) is 25.3 Å². The van der Waals surface area contributed by atoms with Gasteiger partial charge in [0.15, 0.2) is 5.82 Å². The van der Waals surface area contributed by atoms with Crippen molar-refractivity contribution in [3.05, 3.63) is 41.9 Å². The van der Waals surface area contributed by atoms with E-state index in [2.05, 4.69) is 10.1 Å². The largest absolute Gasteiger partial charge is 0.326 e. The molecular weight excluding hydrogens is 176 g/mol. The monoisotopic (exact) mass is 188 g/mol. The van der Waals surface area contributed by atoms with E-state index in [1.165, 1.54) is 0 Å². The highest BCUT2D eigenvalue weighted by atomic mass is 15.3. The highest BCUT2D eigenvalue weighted by Gasteiger charge is 2.06. The van der Waals surface area contributed by atoms with Gasteiger partial charge in [-0.25, -0.2) is 9.67 Å². The van der Waals surface area contributed by atoms with Crippen LogP contribution >= 0.6 is 0 Å². The predicted octanol–water partition coefficient (Wildman–Crippen LogP) is 1.03. The van der Waals surface area contributed by atoms with Gasteiger partial charge in [-0.05, 0) is 24.6 Å². The predicted molar refractivity (Wildman–Crippen MR) is 54.0 cm³/mol. The van der Waals surface area contributed by atoms with Gasteiger partial charge in [0.2, 0.25) is 0 Å². The molecule has 0 spiro atoms. The van der Waals surface area contributed by atoms with Gasteiger partial charge in [0.1, 0.15) is 0 Å². The van der Waals surface area contributed by atoms with Crippen molar-refractivity contribution in [2.24, 2.45) is 5.73 Å². The summed E-state index contributed by atoms with van der Waals surface area (Å²) >= 11 is 0. The summed E-state index contributed by atoms with van der Waals surface area (Å²) < 4.78 is 1.73. The van der Waals surface area contributed by atoms with Gasteiger partial charge in [-0.1, -0.05) is 0 Å². The molecule has 72 valence electrons. The van der Waals surface area contributed by atoms with Crippen LogP contribution in [0.3, 0.4) is 0 Å². The number of nitrogens with zero attached hydrogens (tertiary/aromatic N) is 3. The van der Waals surface area contributed by atoms with Crippen molar-refractivity contribution < 1.29 is 0 Å². The second kappa shape index (κ2) is 3.59. The first-order chi connectivity index (χ1) is 6.83. The van der Waals surface area contributed by atoms with Crippen LogP contribution < -0.4 is 5.73 Å². The molecule has 0 saturated heterocycles. The first kappa shape index (κ1) is 8.90. The van der Waals surface area contributed by atoms with Gasteiger partial charge in [0.25, 0.3) is 0 Å². The summed E-state index contributed by atoms with van der Waals surface area (Å²) in [5.41, 5.74) is 7.86. The van der Waals surface area contributed by atoms with E-state index in [-0.39, 0.29) is 0 Å². The summed E-state index contributed by atoms with van der Waals surface area (Å²) in [4.78, 5) is 4.27. The van der Waals surface area contributed by atoms with Crippen molar-refractivity contribution in [1.82, 2.24) is 14.8 Å². The smallest absolute Gasteiger partial charge is 0.158 e. The van der Waals surface area contributed by atoms with Crippen molar-refractivity contribution in [1.29, 1.82) is 0 Å². The minimum atomic E-state index is 0.481. The highest BCUT2D eigenvalue weighted by molar-refractivity contribution is 5.38. The summed E-state index contributed by atoms with van der Waals surface area (Å²) in [6.07, 6.45) is 5.36. The van der Waals surface area contributed by atoms with Gasteiger partial charge < -0.3 is 5.73 Å². The van der Waals surface area contributed by atoms with Crippen LogP contribution in [0.1, 0.15) is 11.1 Å². The fourth-order valence-corrected chi connectivity index (χ4v) is 1.42. The molecule has 0 unspecified atom stereocenters. The Morgan fingerprint density at radius 1 is 1.43 bits per heavy atom. The molecule has 0 aromatic carbocycles. The summed E-state index contributed by atoms with van der Waals surface area (Å²) in [5.74, 6) is 0.817. The molecule has 0 radical (unpaired) electrons. The minimum absolute atomic E-state index is 0.481. The van der Waals surface area contributed by atoms with Crippen LogP contribution in [-0.4, -0.2) is 14.8 Å². The standard InChI is InChI=1S/C10H12N4/c1-8-3-5-12-10(9(8)7-11)14-6-2-4-13-14/h2-6H,7,11H2,1H3. The third-order valence-electron chi connectivity index (χ3n) is 2.19. The van der Waals surface area contributed by atoms with E-state index >= 15 is 0 Å². The van der Waals surface area contributed by atoms with E-state index in [0.29, 0.717) is 6.54 Å². The molecule has 14 heavy (non-hydrogen) atoms. The maximum atomic E-state index is 5.68. The molecule has 0 aliphatic rings. The third-order valence-corrected chi connectivity index (χ3v) is 2.19. The number of rotatable bonds is 2. The van der Waals surface area contributed by atoms with Crippen LogP contribution in [0.5, 0.6) is 0 Å². The van der Waals surface area contributed by atoms with Gasteiger partial charge in [-0.2, -0.15) is 5.10 Å². The molecule has 2 aromatic heterocycles. The normalized spacial score (nSPS) is 10.4. The first-order valence-electron chi connectivity index (χ1n) is 4.47. The van der Waals surface area contributed by atoms with Crippen molar-refractivity contribution in [2.75, 3.05) is 0 Å². The zero-order valence-corrected chi connectivity index (χ0v) is 8.01.